The number of azo groups is 1. The number of hydrogen-bond donors (Lipinski definition) is 0. The molecule has 3 atom stereocenters. The van der Waals surface area contributed by atoms with Crippen molar-refractivity contribution < 1.29 is 13.6 Å². The van der Waals surface area contributed by atoms with E-state index in [0.717, 1.165) is 18.5 Å². The van der Waals surface area contributed by atoms with Gasteiger partial charge in [-0.25, -0.2) is 8.78 Å². The standard InChI is InChI=1S/C29H30F2N6O/c1-4-32-35-26(28-24(30)9-6-10-25(28)31)14-23-22-12-11-20(18(2)27(22)23)15-36(3)29(38)19-7-5-8-21(13-19)37-16-33-34-17-37/h5-10,13-14,16-17,22-23,27H,4,11-12,15H2,1-3H3/b26-14-,35-32?/t22?,23-,27?/m0/s1. The van der Waals surface area contributed by atoms with Crippen LogP contribution in [0.4, 0.5) is 8.78 Å². The van der Waals surface area contributed by atoms with Crippen molar-refractivity contribution in [2.24, 2.45) is 28.0 Å². The molecule has 9 heteroatoms. The van der Waals surface area contributed by atoms with Gasteiger partial charge in [0.05, 0.1) is 17.8 Å². The molecule has 3 aromatic rings. The Labute approximate surface area is 220 Å². The molecule has 1 saturated carbocycles. The first-order valence-electron chi connectivity index (χ1n) is 12.8. The molecule has 0 saturated heterocycles. The van der Waals surface area contributed by atoms with Gasteiger partial charge in [0.2, 0.25) is 0 Å². The molecule has 196 valence electrons. The van der Waals surface area contributed by atoms with Gasteiger partial charge in [-0.1, -0.05) is 29.4 Å². The third-order valence-corrected chi connectivity index (χ3v) is 7.54. The summed E-state index contributed by atoms with van der Waals surface area (Å²) in [7, 11) is 1.81. The zero-order valence-electron chi connectivity index (χ0n) is 21.7. The van der Waals surface area contributed by atoms with E-state index in [-0.39, 0.29) is 29.0 Å². The zero-order chi connectivity index (χ0) is 26.8. The highest BCUT2D eigenvalue weighted by molar-refractivity contribution is 5.94. The highest BCUT2D eigenvalue weighted by atomic mass is 19.1. The van der Waals surface area contributed by atoms with Crippen LogP contribution >= 0.6 is 0 Å². The van der Waals surface area contributed by atoms with Crippen LogP contribution in [0.3, 0.4) is 0 Å². The van der Waals surface area contributed by atoms with Crippen LogP contribution in [-0.4, -0.2) is 45.7 Å². The molecule has 2 aliphatic rings. The predicted molar refractivity (Wildman–Crippen MR) is 140 cm³/mol. The van der Waals surface area contributed by atoms with Gasteiger partial charge in [-0.3, -0.25) is 9.36 Å². The first kappa shape index (κ1) is 25.6. The molecule has 1 aromatic heterocycles. The van der Waals surface area contributed by atoms with Crippen molar-refractivity contribution in [3.05, 3.63) is 95.1 Å². The molecular weight excluding hydrogens is 486 g/mol. The van der Waals surface area contributed by atoms with E-state index in [9.17, 15) is 13.6 Å². The maximum absolute atomic E-state index is 14.5. The Morgan fingerprint density at radius 1 is 1.16 bits per heavy atom. The molecule has 1 amide bonds. The fourth-order valence-electron chi connectivity index (χ4n) is 5.54. The number of fused-ring (bicyclic) bond motifs is 1. The molecule has 0 aliphatic heterocycles. The van der Waals surface area contributed by atoms with Crippen molar-refractivity contribution in [3.8, 4) is 5.69 Å². The second kappa shape index (κ2) is 10.8. The maximum atomic E-state index is 14.5. The van der Waals surface area contributed by atoms with E-state index in [2.05, 4.69) is 27.3 Å². The number of carbonyl (C=O) groups excluding carboxylic acids is 1. The number of allylic oxidation sites excluding steroid dienone is 2. The average molecular weight is 517 g/mol. The monoisotopic (exact) mass is 516 g/mol. The van der Waals surface area contributed by atoms with E-state index in [1.165, 1.54) is 29.3 Å². The highest BCUT2D eigenvalue weighted by Gasteiger charge is 2.52. The van der Waals surface area contributed by atoms with E-state index < -0.39 is 11.6 Å². The van der Waals surface area contributed by atoms with Crippen molar-refractivity contribution in [2.45, 2.75) is 26.7 Å². The molecule has 1 heterocycles. The largest absolute Gasteiger partial charge is 0.338 e. The summed E-state index contributed by atoms with van der Waals surface area (Å²) in [6.45, 7) is 4.90. The summed E-state index contributed by atoms with van der Waals surface area (Å²) in [6.07, 6.45) is 6.91. The van der Waals surface area contributed by atoms with E-state index in [0.29, 0.717) is 24.6 Å². The molecular formula is C29H30F2N6O. The van der Waals surface area contributed by atoms with Crippen molar-refractivity contribution in [2.75, 3.05) is 20.1 Å². The average Bonchev–Trinajstić information content (AvgIpc) is 3.33. The lowest BCUT2D eigenvalue weighted by Crippen LogP contribution is -2.29. The van der Waals surface area contributed by atoms with E-state index in [1.807, 2.05) is 38.2 Å². The Morgan fingerprint density at radius 3 is 2.58 bits per heavy atom. The Kier molecular flexibility index (Phi) is 7.26. The number of rotatable bonds is 8. The van der Waals surface area contributed by atoms with Gasteiger partial charge in [-0.2, -0.15) is 10.2 Å². The van der Waals surface area contributed by atoms with Crippen molar-refractivity contribution in [1.82, 2.24) is 19.7 Å². The van der Waals surface area contributed by atoms with Crippen LogP contribution in [0, 0.1) is 29.4 Å². The Hall–Kier alpha value is -4.01. The summed E-state index contributed by atoms with van der Waals surface area (Å²) in [5, 5.41) is 15.9. The minimum atomic E-state index is -0.642. The van der Waals surface area contributed by atoms with Gasteiger partial charge >= 0.3 is 0 Å². The van der Waals surface area contributed by atoms with Crippen LogP contribution in [0.2, 0.25) is 0 Å². The molecule has 2 aromatic carbocycles. The normalized spacial score (nSPS) is 21.1. The van der Waals surface area contributed by atoms with Gasteiger partial charge in [0.1, 0.15) is 24.3 Å². The minimum Gasteiger partial charge on any atom is -0.338 e. The smallest absolute Gasteiger partial charge is 0.253 e. The van der Waals surface area contributed by atoms with Crippen LogP contribution in [0.25, 0.3) is 11.4 Å². The van der Waals surface area contributed by atoms with Crippen LogP contribution in [0.5, 0.6) is 0 Å². The molecule has 38 heavy (non-hydrogen) atoms. The summed E-state index contributed by atoms with van der Waals surface area (Å²) < 4.78 is 30.8. The van der Waals surface area contributed by atoms with Crippen LogP contribution in [-0.2, 0) is 0 Å². The summed E-state index contributed by atoms with van der Waals surface area (Å²) in [5.41, 5.74) is 4.02. The van der Waals surface area contributed by atoms with Gasteiger partial charge in [0.15, 0.2) is 0 Å². The topological polar surface area (TPSA) is 75.7 Å². The predicted octanol–water partition coefficient (Wildman–Crippen LogP) is 6.10. The summed E-state index contributed by atoms with van der Waals surface area (Å²) in [6, 6.07) is 11.2. The number of hydrogen-bond acceptors (Lipinski definition) is 5. The SMILES string of the molecule is CCN=N/C(=C\[C@H]1C2CCC(CN(C)C(=O)c3cccc(-n4cnnc4)c3)=C(C)C21)c1c(F)cccc1F. The molecule has 0 radical (unpaired) electrons. The lowest BCUT2D eigenvalue weighted by Gasteiger charge is -2.24. The molecule has 0 bridgehead atoms. The molecule has 0 N–H and O–H groups in total. The third kappa shape index (κ3) is 5.05. The second-order valence-electron chi connectivity index (χ2n) is 9.88. The van der Waals surface area contributed by atoms with Crippen LogP contribution in [0.15, 0.2) is 82.6 Å². The van der Waals surface area contributed by atoms with Crippen LogP contribution in [0.1, 0.15) is 42.6 Å². The first-order valence-corrected chi connectivity index (χ1v) is 12.8. The Morgan fingerprint density at radius 2 is 1.87 bits per heavy atom. The summed E-state index contributed by atoms with van der Waals surface area (Å²) in [5.74, 6) is -0.527. The van der Waals surface area contributed by atoms with E-state index in [1.54, 1.807) is 28.2 Å². The van der Waals surface area contributed by atoms with Crippen molar-refractivity contribution in [3.63, 3.8) is 0 Å². The van der Waals surface area contributed by atoms with Gasteiger partial charge in [0.25, 0.3) is 5.91 Å². The Bertz CT molecular complexity index is 1410. The fourth-order valence-corrected chi connectivity index (χ4v) is 5.54. The number of halogens is 2. The zero-order valence-corrected chi connectivity index (χ0v) is 21.7. The number of amides is 1. The molecule has 0 spiro atoms. The molecule has 1 fully saturated rings. The van der Waals surface area contributed by atoms with E-state index in [4.69, 9.17) is 0 Å². The van der Waals surface area contributed by atoms with Gasteiger partial charge < -0.3 is 4.90 Å². The lowest BCUT2D eigenvalue weighted by molar-refractivity contribution is 0.0805. The quantitative estimate of drug-likeness (QED) is 0.268. The lowest BCUT2D eigenvalue weighted by atomic mass is 9.92. The Balaban J connectivity index is 1.33. The number of benzene rings is 2. The number of aromatic nitrogens is 3. The first-order chi connectivity index (χ1) is 18.4. The van der Waals surface area contributed by atoms with Crippen LogP contribution < -0.4 is 0 Å². The summed E-state index contributed by atoms with van der Waals surface area (Å²) in [4.78, 5) is 15.0. The molecule has 2 unspecified atom stereocenters. The van der Waals surface area contributed by atoms with Crippen molar-refractivity contribution in [1.29, 1.82) is 0 Å². The highest BCUT2D eigenvalue weighted by Crippen LogP contribution is 2.59. The number of nitrogens with zero attached hydrogens (tertiary/aromatic N) is 6. The van der Waals surface area contributed by atoms with Gasteiger partial charge in [0, 0.05) is 24.8 Å². The van der Waals surface area contributed by atoms with Gasteiger partial charge in [-0.05, 0) is 74.8 Å². The molecule has 2 aliphatic carbocycles. The van der Waals surface area contributed by atoms with E-state index >= 15 is 0 Å². The fraction of sp³-hybridized carbons (Fsp3) is 0.345. The second-order valence-corrected chi connectivity index (χ2v) is 9.88. The molecule has 7 nitrogen and oxygen atoms in total. The third-order valence-electron chi connectivity index (χ3n) is 7.54. The number of likely N-dealkylation sites (N-methyl/N-ethyl adjacent to an activating group) is 1. The summed E-state index contributed by atoms with van der Waals surface area (Å²) >= 11 is 0. The van der Waals surface area contributed by atoms with Crippen molar-refractivity contribution >= 4 is 11.6 Å². The number of carbonyl (C=O) groups is 1. The maximum Gasteiger partial charge on any atom is 0.253 e. The minimum absolute atomic E-state index is 0.0631. The molecule has 5 rings (SSSR count). The van der Waals surface area contributed by atoms with Gasteiger partial charge in [-0.15, -0.1) is 10.2 Å².